The van der Waals surface area contributed by atoms with E-state index in [0.717, 1.165) is 5.56 Å². The van der Waals surface area contributed by atoms with Gasteiger partial charge in [0.25, 0.3) is 0 Å². The third kappa shape index (κ3) is 5.03. The van der Waals surface area contributed by atoms with Gasteiger partial charge in [0.15, 0.2) is 19.7 Å². The van der Waals surface area contributed by atoms with E-state index in [2.05, 4.69) is 0 Å². The monoisotopic (exact) mass is 442 g/mol. The fourth-order valence-corrected chi connectivity index (χ4v) is 4.27. The summed E-state index contributed by atoms with van der Waals surface area (Å²) in [5.41, 5.74) is -8.28. The lowest BCUT2D eigenvalue weighted by Gasteiger charge is -2.08. The molecule has 11 heteroatoms. The highest BCUT2D eigenvalue weighted by molar-refractivity contribution is 7.86. The van der Waals surface area contributed by atoms with E-state index in [0.29, 0.717) is 20.5 Å². The van der Waals surface area contributed by atoms with E-state index in [9.17, 15) is 26.3 Å². The highest BCUT2D eigenvalue weighted by Gasteiger charge is 2.48. The number of alkyl halides is 6. The Hall–Kier alpha value is -2.11. The second-order valence-corrected chi connectivity index (χ2v) is 8.89. The molecule has 1 heterocycles. The molecule has 0 aliphatic carbocycles. The third-order valence-corrected chi connectivity index (χ3v) is 6.10. The van der Waals surface area contributed by atoms with Gasteiger partial charge < -0.3 is 4.55 Å². The summed E-state index contributed by atoms with van der Waals surface area (Å²) in [6.45, 7) is 1.89. The van der Waals surface area contributed by atoms with Gasteiger partial charge >= 0.3 is 11.0 Å². The summed E-state index contributed by atoms with van der Waals surface area (Å²) in [4.78, 5) is 0.363. The van der Waals surface area contributed by atoms with Crippen molar-refractivity contribution in [2.75, 3.05) is 0 Å². The fraction of sp³-hybridized carbons (Fsp3) is 0.176. The standard InChI is InChI=1S/C16H12F3S.CHF3O3S/c1-11-5-4-7-12(9-11)15-10-13-6-2-3-8-14(13)20(15)16(17,18)19;2-1(3,4)8(5,6)7/h2-10H,1H3;(H,5,6,7)/q+1;/p-1. The molecule has 2 aromatic carbocycles. The average Bonchev–Trinajstić information content (AvgIpc) is 2.93. The van der Waals surface area contributed by atoms with Crippen molar-refractivity contribution >= 4 is 30.7 Å². The molecule has 0 aliphatic heterocycles. The molecule has 152 valence electrons. The smallest absolute Gasteiger partial charge is 0.601 e. The van der Waals surface area contributed by atoms with Crippen LogP contribution in [0.2, 0.25) is 0 Å². The molecule has 0 bridgehead atoms. The summed E-state index contributed by atoms with van der Waals surface area (Å²) < 4.78 is 99.6. The zero-order chi connectivity index (χ0) is 21.3. The highest BCUT2D eigenvalue weighted by atomic mass is 32.2. The molecular weight excluding hydrogens is 430 g/mol. The van der Waals surface area contributed by atoms with Crippen molar-refractivity contribution in [1.29, 1.82) is 0 Å². The predicted octanol–water partition coefficient (Wildman–Crippen LogP) is 6.09. The van der Waals surface area contributed by atoms with E-state index in [1.54, 1.807) is 42.5 Å². The van der Waals surface area contributed by atoms with Crippen LogP contribution >= 0.6 is 10.5 Å². The Morgan fingerprint density at radius 1 is 0.893 bits per heavy atom. The molecule has 1 unspecified atom stereocenters. The minimum absolute atomic E-state index is 0.363. The van der Waals surface area contributed by atoms with Crippen LogP contribution in [0.1, 0.15) is 5.56 Å². The van der Waals surface area contributed by atoms with E-state index in [1.165, 1.54) is 0 Å². The van der Waals surface area contributed by atoms with Crippen molar-refractivity contribution in [3.63, 3.8) is 0 Å². The molecule has 0 amide bonds. The van der Waals surface area contributed by atoms with Crippen LogP contribution in [0.3, 0.4) is 0 Å². The van der Waals surface area contributed by atoms with Crippen LogP contribution in [0, 0.1) is 6.92 Å². The molecule has 0 fully saturated rings. The molecule has 28 heavy (non-hydrogen) atoms. The number of hydrogen-bond acceptors (Lipinski definition) is 3. The van der Waals surface area contributed by atoms with Crippen LogP contribution in [-0.4, -0.2) is 18.5 Å². The van der Waals surface area contributed by atoms with Crippen LogP contribution in [0.4, 0.5) is 26.3 Å². The van der Waals surface area contributed by atoms with E-state index >= 15 is 0 Å². The number of aryl methyl sites for hydroxylation is 1. The molecule has 1 aromatic heterocycles. The molecular formula is C17H12F6O3S2. The quantitative estimate of drug-likeness (QED) is 0.198. The summed E-state index contributed by atoms with van der Waals surface area (Å²) in [7, 11) is -7.95. The average molecular weight is 442 g/mol. The van der Waals surface area contributed by atoms with Crippen LogP contribution in [0.15, 0.2) is 54.6 Å². The molecule has 1 atom stereocenters. The Kier molecular flexibility index (Phi) is 6.12. The second kappa shape index (κ2) is 7.72. The molecule has 0 radical (unpaired) electrons. The summed E-state index contributed by atoms with van der Waals surface area (Å²) in [5.74, 6) is 0. The van der Waals surface area contributed by atoms with Crippen LogP contribution in [0.25, 0.3) is 20.5 Å². The minimum atomic E-state index is -6.09. The van der Waals surface area contributed by atoms with E-state index in [-0.39, 0.29) is 0 Å². The van der Waals surface area contributed by atoms with Crippen molar-refractivity contribution in [2.45, 2.75) is 17.9 Å². The van der Waals surface area contributed by atoms with Crippen LogP contribution in [0.5, 0.6) is 0 Å². The zero-order valence-corrected chi connectivity index (χ0v) is 15.6. The number of thiophene rings is 1. The summed E-state index contributed by atoms with van der Waals surface area (Å²) in [6.07, 6.45) is 0. The van der Waals surface area contributed by atoms with Gasteiger partial charge in [-0.25, -0.2) is 8.42 Å². The van der Waals surface area contributed by atoms with Gasteiger partial charge in [0.2, 0.25) is 0 Å². The first kappa shape index (κ1) is 22.2. The van der Waals surface area contributed by atoms with Gasteiger partial charge in [0.1, 0.15) is 10.5 Å². The molecule has 0 spiro atoms. The minimum Gasteiger partial charge on any atom is -0.741 e. The number of benzene rings is 2. The zero-order valence-electron chi connectivity index (χ0n) is 14.0. The lowest BCUT2D eigenvalue weighted by atomic mass is 10.1. The van der Waals surface area contributed by atoms with Gasteiger partial charge in [-0.05, 0) is 31.2 Å². The molecule has 3 nitrogen and oxygen atoms in total. The Labute approximate surface area is 159 Å². The maximum atomic E-state index is 13.4. The van der Waals surface area contributed by atoms with Crippen molar-refractivity contribution in [1.82, 2.24) is 0 Å². The molecule has 0 aliphatic rings. The maximum absolute atomic E-state index is 13.4. The molecule has 3 rings (SSSR count). The Morgan fingerprint density at radius 3 is 1.96 bits per heavy atom. The van der Waals surface area contributed by atoms with Gasteiger partial charge in [0, 0.05) is 17.0 Å². The van der Waals surface area contributed by atoms with Gasteiger partial charge in [-0.2, -0.15) is 13.2 Å². The van der Waals surface area contributed by atoms with Crippen molar-refractivity contribution in [3.8, 4) is 10.4 Å². The Morgan fingerprint density at radius 2 is 1.46 bits per heavy atom. The Balaban J connectivity index is 0.000000300. The molecule has 0 N–H and O–H groups in total. The number of rotatable bonds is 1. The first-order valence-corrected chi connectivity index (χ1v) is 10.1. The molecule has 0 saturated carbocycles. The van der Waals surface area contributed by atoms with E-state index in [4.69, 9.17) is 13.0 Å². The largest absolute Gasteiger partial charge is 0.741 e. The van der Waals surface area contributed by atoms with Crippen molar-refractivity contribution in [2.24, 2.45) is 0 Å². The lowest BCUT2D eigenvalue weighted by molar-refractivity contribution is -0.0864. The molecule has 0 saturated heterocycles. The first-order valence-electron chi connectivity index (χ1n) is 7.43. The van der Waals surface area contributed by atoms with Crippen molar-refractivity contribution in [3.05, 3.63) is 60.2 Å². The highest BCUT2D eigenvalue weighted by Crippen LogP contribution is 2.54. The molecule has 3 aromatic rings. The topological polar surface area (TPSA) is 57.2 Å². The van der Waals surface area contributed by atoms with Gasteiger partial charge in [-0.1, -0.05) is 29.8 Å². The SMILES string of the molecule is Cc1cccc(-c2cc3ccccc3[s+]2C(F)(F)F)c1.O=S(=O)([O-])C(F)(F)F. The number of halogens is 6. The second-order valence-electron chi connectivity index (χ2n) is 5.57. The summed E-state index contributed by atoms with van der Waals surface area (Å²) in [6, 6.07) is 15.7. The van der Waals surface area contributed by atoms with E-state index in [1.807, 2.05) is 19.1 Å². The van der Waals surface area contributed by atoms with E-state index < -0.39 is 31.6 Å². The van der Waals surface area contributed by atoms with Crippen molar-refractivity contribution < 1.29 is 39.3 Å². The lowest BCUT2D eigenvalue weighted by Crippen LogP contribution is -2.21. The summed E-state index contributed by atoms with van der Waals surface area (Å²) in [5, 5.41) is 0.671. The maximum Gasteiger partial charge on any atom is 0.601 e. The third-order valence-electron chi connectivity index (χ3n) is 3.46. The Bertz CT molecular complexity index is 1080. The predicted molar refractivity (Wildman–Crippen MR) is 93.7 cm³/mol. The van der Waals surface area contributed by atoms with Gasteiger partial charge in [-0.3, -0.25) is 0 Å². The van der Waals surface area contributed by atoms with Crippen LogP contribution < -0.4 is 0 Å². The normalized spacial score (nSPS) is 13.2. The first-order chi connectivity index (χ1) is 12.7. The summed E-state index contributed by atoms with van der Waals surface area (Å²) >= 11 is 0. The number of hydrogen-bond donors (Lipinski definition) is 0. The number of fused-ring (bicyclic) bond motifs is 1. The van der Waals surface area contributed by atoms with Crippen LogP contribution in [-0.2, 0) is 15.6 Å². The fourth-order valence-electron chi connectivity index (χ4n) is 2.35. The van der Waals surface area contributed by atoms with Gasteiger partial charge in [0.05, 0.1) is 0 Å². The van der Waals surface area contributed by atoms with Gasteiger partial charge in [-0.15, -0.1) is 13.2 Å².